The van der Waals surface area contributed by atoms with Gasteiger partial charge in [-0.25, -0.2) is 9.48 Å². The number of aliphatic hydroxyl groups is 1. The first-order valence-electron chi connectivity index (χ1n) is 7.53. The summed E-state index contributed by atoms with van der Waals surface area (Å²) in [5, 5.41) is 20.3. The highest BCUT2D eigenvalue weighted by atomic mass is 35.5. The van der Waals surface area contributed by atoms with Gasteiger partial charge >= 0.3 is 6.03 Å². The van der Waals surface area contributed by atoms with Gasteiger partial charge in [0.25, 0.3) is 0 Å². The number of hydrogen-bond donors (Lipinski definition) is 3. The third kappa shape index (κ3) is 4.71. The molecule has 0 saturated carbocycles. The van der Waals surface area contributed by atoms with Crippen molar-refractivity contribution in [1.29, 1.82) is 0 Å². The number of aliphatic hydroxyl groups excluding tert-OH is 1. The number of amides is 2. The zero-order valence-corrected chi connectivity index (χ0v) is 13.9. The number of halogens is 1. The number of rotatable bonds is 6. The second-order valence-corrected chi connectivity index (χ2v) is 5.76. The molecule has 2 atom stereocenters. The van der Waals surface area contributed by atoms with Crippen molar-refractivity contribution in [2.75, 3.05) is 11.9 Å². The van der Waals surface area contributed by atoms with E-state index in [1.807, 2.05) is 6.92 Å². The maximum absolute atomic E-state index is 12.0. The van der Waals surface area contributed by atoms with Gasteiger partial charge in [-0.2, -0.15) is 5.10 Å². The predicted octanol–water partition coefficient (Wildman–Crippen LogP) is 3.36. The van der Waals surface area contributed by atoms with E-state index in [1.165, 1.54) is 0 Å². The molecule has 2 aromatic rings. The van der Waals surface area contributed by atoms with Gasteiger partial charge in [0.1, 0.15) is 5.82 Å². The van der Waals surface area contributed by atoms with Crippen molar-refractivity contribution in [3.05, 3.63) is 47.1 Å². The fourth-order valence-corrected chi connectivity index (χ4v) is 2.22. The van der Waals surface area contributed by atoms with Crippen molar-refractivity contribution in [2.45, 2.75) is 32.4 Å². The normalized spacial score (nSPS) is 13.4. The lowest BCUT2D eigenvalue weighted by Crippen LogP contribution is -2.33. The Morgan fingerprint density at radius 1 is 1.35 bits per heavy atom. The van der Waals surface area contributed by atoms with E-state index in [1.54, 1.807) is 41.2 Å². The zero-order chi connectivity index (χ0) is 16.8. The molecule has 0 unspecified atom stereocenters. The monoisotopic (exact) mass is 336 g/mol. The van der Waals surface area contributed by atoms with Gasteiger partial charge in [0.2, 0.25) is 0 Å². The van der Waals surface area contributed by atoms with E-state index < -0.39 is 6.10 Å². The van der Waals surface area contributed by atoms with Crippen LogP contribution in [0.1, 0.15) is 38.0 Å². The van der Waals surface area contributed by atoms with Crippen LogP contribution in [0.15, 0.2) is 36.5 Å². The van der Waals surface area contributed by atoms with E-state index in [4.69, 9.17) is 11.6 Å². The van der Waals surface area contributed by atoms with Crippen LogP contribution in [0.5, 0.6) is 0 Å². The number of hydrogen-bond acceptors (Lipinski definition) is 3. The molecule has 23 heavy (non-hydrogen) atoms. The fraction of sp³-hybridized carbons (Fsp3) is 0.375. The Labute approximate surface area is 140 Å². The first-order chi connectivity index (χ1) is 11.0. The van der Waals surface area contributed by atoms with Gasteiger partial charge in [-0.3, -0.25) is 5.32 Å². The molecule has 1 heterocycles. The van der Waals surface area contributed by atoms with E-state index in [-0.39, 0.29) is 18.6 Å². The minimum absolute atomic E-state index is 0.102. The van der Waals surface area contributed by atoms with Crippen molar-refractivity contribution in [1.82, 2.24) is 15.1 Å². The van der Waals surface area contributed by atoms with Crippen molar-refractivity contribution in [3.63, 3.8) is 0 Å². The first kappa shape index (κ1) is 17.3. The van der Waals surface area contributed by atoms with E-state index >= 15 is 0 Å². The van der Waals surface area contributed by atoms with Gasteiger partial charge in [0.15, 0.2) is 0 Å². The molecular weight excluding hydrogens is 316 g/mol. The summed E-state index contributed by atoms with van der Waals surface area (Å²) in [5.74, 6) is 0.623. The molecule has 2 amide bonds. The average molecular weight is 337 g/mol. The summed E-state index contributed by atoms with van der Waals surface area (Å²) in [6, 6.07) is 8.40. The van der Waals surface area contributed by atoms with Gasteiger partial charge in [0, 0.05) is 17.6 Å². The lowest BCUT2D eigenvalue weighted by atomic mass is 10.1. The average Bonchev–Trinajstić information content (AvgIpc) is 3.00. The molecule has 3 N–H and O–H groups in total. The Bertz CT molecular complexity index is 642. The summed E-state index contributed by atoms with van der Waals surface area (Å²) in [6.07, 6.45) is 1.76. The lowest BCUT2D eigenvalue weighted by Gasteiger charge is -2.16. The first-order valence-corrected chi connectivity index (χ1v) is 7.91. The number of benzene rings is 1. The molecule has 0 aliphatic rings. The lowest BCUT2D eigenvalue weighted by molar-refractivity contribution is 0.175. The molecule has 0 aliphatic heterocycles. The fourth-order valence-electron chi connectivity index (χ4n) is 2.09. The van der Waals surface area contributed by atoms with Crippen LogP contribution in [0.2, 0.25) is 5.02 Å². The SMILES string of the molecule is CC[C@H](C)n1nccc1NC(=O)NC[C@@H](O)c1ccc(Cl)cc1. The number of aromatic nitrogens is 2. The number of nitrogens with zero attached hydrogens (tertiary/aromatic N) is 2. The van der Waals surface area contributed by atoms with Crippen molar-refractivity contribution < 1.29 is 9.90 Å². The van der Waals surface area contributed by atoms with Gasteiger partial charge < -0.3 is 10.4 Å². The standard InChI is InChI=1S/C16H21ClN4O2/c1-3-11(2)21-15(8-9-19-21)20-16(23)18-10-14(22)12-4-6-13(17)7-5-12/h4-9,11,14,22H,3,10H2,1-2H3,(H2,18,20,23)/t11-,14+/m0/s1. The summed E-state index contributed by atoms with van der Waals surface area (Å²) < 4.78 is 1.76. The predicted molar refractivity (Wildman–Crippen MR) is 90.7 cm³/mol. The van der Waals surface area contributed by atoms with Crippen LogP contribution < -0.4 is 10.6 Å². The minimum Gasteiger partial charge on any atom is -0.387 e. The van der Waals surface area contributed by atoms with Crippen molar-refractivity contribution in [3.8, 4) is 0 Å². The van der Waals surface area contributed by atoms with Crippen LogP contribution in [0.3, 0.4) is 0 Å². The van der Waals surface area contributed by atoms with E-state index in [2.05, 4.69) is 22.7 Å². The Hall–Kier alpha value is -2.05. The van der Waals surface area contributed by atoms with Crippen LogP contribution in [0.25, 0.3) is 0 Å². The molecule has 1 aromatic heterocycles. The third-order valence-electron chi connectivity index (χ3n) is 3.63. The van der Waals surface area contributed by atoms with Crippen LogP contribution in [-0.2, 0) is 0 Å². The molecule has 0 aliphatic carbocycles. The van der Waals surface area contributed by atoms with Gasteiger partial charge in [-0.1, -0.05) is 30.7 Å². The highest BCUT2D eigenvalue weighted by Gasteiger charge is 2.13. The smallest absolute Gasteiger partial charge is 0.320 e. The minimum atomic E-state index is -0.794. The number of nitrogens with one attached hydrogen (secondary N) is 2. The Morgan fingerprint density at radius 3 is 2.70 bits per heavy atom. The van der Waals surface area contributed by atoms with Gasteiger partial charge in [0.05, 0.1) is 18.3 Å². The molecule has 0 fully saturated rings. The third-order valence-corrected chi connectivity index (χ3v) is 3.88. The largest absolute Gasteiger partial charge is 0.387 e. The Kier molecular flexibility index (Phi) is 6.01. The quantitative estimate of drug-likeness (QED) is 0.756. The van der Waals surface area contributed by atoms with E-state index in [9.17, 15) is 9.90 Å². The number of carbonyl (C=O) groups excluding carboxylic acids is 1. The van der Waals surface area contributed by atoms with Crippen molar-refractivity contribution >= 4 is 23.4 Å². The van der Waals surface area contributed by atoms with Gasteiger partial charge in [-0.15, -0.1) is 0 Å². The molecule has 2 rings (SSSR count). The molecule has 0 bridgehead atoms. The second-order valence-electron chi connectivity index (χ2n) is 5.32. The summed E-state index contributed by atoms with van der Waals surface area (Å²) in [6.45, 7) is 4.18. The molecule has 6 nitrogen and oxygen atoms in total. The Balaban J connectivity index is 1.88. The van der Waals surface area contributed by atoms with Crippen LogP contribution in [0.4, 0.5) is 10.6 Å². The maximum atomic E-state index is 12.0. The summed E-state index contributed by atoms with van der Waals surface area (Å²) >= 11 is 5.81. The Morgan fingerprint density at radius 2 is 2.04 bits per heavy atom. The number of anilines is 1. The maximum Gasteiger partial charge on any atom is 0.320 e. The van der Waals surface area contributed by atoms with E-state index in [0.717, 1.165) is 6.42 Å². The molecule has 124 valence electrons. The summed E-state index contributed by atoms with van der Waals surface area (Å²) in [4.78, 5) is 12.0. The molecule has 0 spiro atoms. The topological polar surface area (TPSA) is 79.2 Å². The zero-order valence-electron chi connectivity index (χ0n) is 13.2. The number of carbonyl (C=O) groups is 1. The molecule has 0 saturated heterocycles. The van der Waals surface area contributed by atoms with E-state index in [0.29, 0.717) is 16.4 Å². The van der Waals surface area contributed by atoms with Crippen molar-refractivity contribution in [2.24, 2.45) is 0 Å². The highest BCUT2D eigenvalue weighted by molar-refractivity contribution is 6.30. The van der Waals surface area contributed by atoms with Crippen LogP contribution in [0, 0.1) is 0 Å². The molecular formula is C16H21ClN4O2. The summed E-state index contributed by atoms with van der Waals surface area (Å²) in [7, 11) is 0. The summed E-state index contributed by atoms with van der Waals surface area (Å²) in [5.41, 5.74) is 0.694. The van der Waals surface area contributed by atoms with Crippen LogP contribution in [-0.4, -0.2) is 27.5 Å². The molecule has 7 heteroatoms. The second kappa shape index (κ2) is 7.99. The molecule has 1 aromatic carbocycles. The van der Waals surface area contributed by atoms with Gasteiger partial charge in [-0.05, 0) is 31.0 Å². The molecule has 0 radical (unpaired) electrons. The highest BCUT2D eigenvalue weighted by Crippen LogP contribution is 2.17. The van der Waals surface area contributed by atoms with Crippen LogP contribution >= 0.6 is 11.6 Å². The number of urea groups is 1.